The molecule has 0 aliphatic heterocycles. The van der Waals surface area contributed by atoms with Crippen LogP contribution >= 0.6 is 49.9 Å². The number of phenols is 1. The van der Waals surface area contributed by atoms with Crippen molar-refractivity contribution in [2.45, 2.75) is 0 Å². The van der Waals surface area contributed by atoms with E-state index in [1.54, 1.807) is 6.07 Å². The van der Waals surface area contributed by atoms with Crippen LogP contribution in [0.3, 0.4) is 0 Å². The highest BCUT2D eigenvalue weighted by Gasteiger charge is 2.09. The Balaban J connectivity index is 2.52. The predicted molar refractivity (Wildman–Crippen MR) is 67.4 cm³/mol. The monoisotopic (exact) mass is 382 g/mol. The second-order valence-electron chi connectivity index (χ2n) is 2.52. The van der Waals surface area contributed by atoms with Gasteiger partial charge in [-0.3, -0.25) is 0 Å². The third kappa shape index (κ3) is 2.06. The summed E-state index contributed by atoms with van der Waals surface area (Å²) >= 11 is 6.83. The third-order valence-electron chi connectivity index (χ3n) is 1.59. The van der Waals surface area contributed by atoms with Gasteiger partial charge in [0.05, 0.1) is 5.56 Å². The topological polar surface area (TPSA) is 46.0 Å². The van der Waals surface area contributed by atoms with Crippen molar-refractivity contribution in [1.29, 1.82) is 0 Å². The maximum Gasteiger partial charge on any atom is 0.178 e. The predicted octanol–water partition coefficient (Wildman–Crippen LogP) is 3.28. The minimum Gasteiger partial charge on any atom is -0.507 e. The van der Waals surface area contributed by atoms with E-state index in [-0.39, 0.29) is 5.75 Å². The van der Waals surface area contributed by atoms with Crippen molar-refractivity contribution in [2.75, 3.05) is 0 Å². The normalized spacial score (nSPS) is 10.4. The van der Waals surface area contributed by atoms with E-state index in [2.05, 4.69) is 48.7 Å². The highest BCUT2D eigenvalue weighted by molar-refractivity contribution is 14.1. The summed E-state index contributed by atoms with van der Waals surface area (Å²) in [4.78, 5) is 0. The standard InChI is InChI=1S/C8H4BrIN2OS/c9-4-1-2-5(6(13)3-4)7-11-12-8(10)14-7/h1-3,13H. The summed E-state index contributed by atoms with van der Waals surface area (Å²) in [6.07, 6.45) is 0. The van der Waals surface area contributed by atoms with E-state index in [4.69, 9.17) is 0 Å². The summed E-state index contributed by atoms with van der Waals surface area (Å²) in [5.74, 6) is 0.215. The first-order valence-corrected chi connectivity index (χ1v) is 6.33. The van der Waals surface area contributed by atoms with Crippen molar-refractivity contribution in [1.82, 2.24) is 10.2 Å². The molecule has 0 spiro atoms. The van der Waals surface area contributed by atoms with Crippen LogP contribution in [0.4, 0.5) is 0 Å². The zero-order valence-corrected chi connectivity index (χ0v) is 11.3. The Morgan fingerprint density at radius 1 is 1.36 bits per heavy atom. The smallest absolute Gasteiger partial charge is 0.178 e. The lowest BCUT2D eigenvalue weighted by atomic mass is 10.2. The molecule has 1 aromatic carbocycles. The van der Waals surface area contributed by atoms with Crippen molar-refractivity contribution in [3.8, 4) is 16.3 Å². The Labute approximate surface area is 106 Å². The van der Waals surface area contributed by atoms with Gasteiger partial charge in [-0.2, -0.15) is 0 Å². The number of aromatic nitrogens is 2. The van der Waals surface area contributed by atoms with Crippen LogP contribution in [0.2, 0.25) is 0 Å². The molecule has 0 aliphatic rings. The zero-order chi connectivity index (χ0) is 10.1. The molecule has 0 bridgehead atoms. The number of phenolic OH excluding ortho intramolecular Hbond substituents is 1. The Bertz CT molecular complexity index is 474. The van der Waals surface area contributed by atoms with E-state index >= 15 is 0 Å². The molecular weight excluding hydrogens is 379 g/mol. The average molecular weight is 383 g/mol. The maximum absolute atomic E-state index is 9.66. The van der Waals surface area contributed by atoms with Gasteiger partial charge in [0.2, 0.25) is 0 Å². The molecule has 0 atom stereocenters. The lowest BCUT2D eigenvalue weighted by Crippen LogP contribution is -1.78. The maximum atomic E-state index is 9.66. The Morgan fingerprint density at radius 3 is 2.71 bits per heavy atom. The largest absolute Gasteiger partial charge is 0.507 e. The third-order valence-corrected chi connectivity index (χ3v) is 3.71. The van der Waals surface area contributed by atoms with E-state index < -0.39 is 0 Å². The van der Waals surface area contributed by atoms with E-state index in [0.29, 0.717) is 5.56 Å². The van der Waals surface area contributed by atoms with Gasteiger partial charge in [0.1, 0.15) is 5.75 Å². The Morgan fingerprint density at radius 2 is 2.14 bits per heavy atom. The van der Waals surface area contributed by atoms with Crippen LogP contribution in [0.25, 0.3) is 10.6 Å². The highest BCUT2D eigenvalue weighted by atomic mass is 127. The molecule has 3 nitrogen and oxygen atoms in total. The molecule has 2 rings (SSSR count). The first-order valence-electron chi connectivity index (χ1n) is 3.65. The minimum atomic E-state index is 0.215. The number of benzene rings is 1. The second kappa shape index (κ2) is 4.11. The Kier molecular flexibility index (Phi) is 3.03. The van der Waals surface area contributed by atoms with Crippen LogP contribution in [0.5, 0.6) is 5.75 Å². The highest BCUT2D eigenvalue weighted by Crippen LogP contribution is 2.33. The fraction of sp³-hybridized carbons (Fsp3) is 0. The van der Waals surface area contributed by atoms with Gasteiger partial charge in [0.25, 0.3) is 0 Å². The fourth-order valence-electron chi connectivity index (χ4n) is 1.000. The van der Waals surface area contributed by atoms with Crippen molar-refractivity contribution >= 4 is 49.9 Å². The fourth-order valence-corrected chi connectivity index (χ4v) is 2.69. The molecule has 14 heavy (non-hydrogen) atoms. The second-order valence-corrected chi connectivity index (χ2v) is 6.17. The molecule has 0 unspecified atom stereocenters. The first kappa shape index (κ1) is 10.3. The van der Waals surface area contributed by atoms with Gasteiger partial charge in [-0.05, 0) is 40.8 Å². The molecule has 6 heteroatoms. The molecule has 72 valence electrons. The summed E-state index contributed by atoms with van der Waals surface area (Å²) in [5, 5.41) is 18.2. The van der Waals surface area contributed by atoms with E-state index in [0.717, 1.165) is 12.5 Å². The van der Waals surface area contributed by atoms with Crippen LogP contribution in [0.15, 0.2) is 22.7 Å². The van der Waals surface area contributed by atoms with Crippen LogP contribution in [-0.4, -0.2) is 15.3 Å². The molecule has 0 saturated heterocycles. The number of hydrogen-bond acceptors (Lipinski definition) is 4. The number of rotatable bonds is 1. The molecule has 0 radical (unpaired) electrons. The quantitative estimate of drug-likeness (QED) is 0.770. The lowest BCUT2D eigenvalue weighted by Gasteiger charge is -1.99. The van der Waals surface area contributed by atoms with Gasteiger partial charge in [0.15, 0.2) is 8.02 Å². The van der Waals surface area contributed by atoms with E-state index in [1.807, 2.05) is 12.1 Å². The van der Waals surface area contributed by atoms with Crippen LogP contribution < -0.4 is 0 Å². The molecule has 0 amide bonds. The van der Waals surface area contributed by atoms with Crippen molar-refractivity contribution in [2.24, 2.45) is 0 Å². The number of aromatic hydroxyl groups is 1. The average Bonchev–Trinajstić information content (AvgIpc) is 2.51. The van der Waals surface area contributed by atoms with Gasteiger partial charge in [-0.15, -0.1) is 10.2 Å². The summed E-state index contributed by atoms with van der Waals surface area (Å²) in [7, 11) is 0. The summed E-state index contributed by atoms with van der Waals surface area (Å²) in [6.45, 7) is 0. The summed E-state index contributed by atoms with van der Waals surface area (Å²) in [6, 6.07) is 5.32. The van der Waals surface area contributed by atoms with Gasteiger partial charge >= 0.3 is 0 Å². The number of nitrogens with zero attached hydrogens (tertiary/aromatic N) is 2. The molecular formula is C8H4BrIN2OS. The zero-order valence-electron chi connectivity index (χ0n) is 6.74. The molecule has 1 N–H and O–H groups in total. The Hall–Kier alpha value is -0.210. The van der Waals surface area contributed by atoms with Gasteiger partial charge < -0.3 is 5.11 Å². The molecule has 0 aliphatic carbocycles. The van der Waals surface area contributed by atoms with Crippen molar-refractivity contribution in [3.05, 3.63) is 25.7 Å². The lowest BCUT2D eigenvalue weighted by molar-refractivity contribution is 0.477. The minimum absolute atomic E-state index is 0.215. The van der Waals surface area contributed by atoms with E-state index in [9.17, 15) is 5.11 Å². The number of hydrogen-bond donors (Lipinski definition) is 1. The van der Waals surface area contributed by atoms with Crippen LogP contribution in [-0.2, 0) is 0 Å². The van der Waals surface area contributed by atoms with Crippen LogP contribution in [0, 0.1) is 3.01 Å². The molecule has 1 aromatic heterocycles. The van der Waals surface area contributed by atoms with Crippen LogP contribution in [0.1, 0.15) is 0 Å². The van der Waals surface area contributed by atoms with Gasteiger partial charge in [-0.1, -0.05) is 27.3 Å². The SMILES string of the molecule is Oc1cc(Br)ccc1-c1nnc(I)s1. The molecule has 0 fully saturated rings. The summed E-state index contributed by atoms with van der Waals surface area (Å²) < 4.78 is 1.71. The molecule has 2 aromatic rings. The van der Waals surface area contributed by atoms with Crippen molar-refractivity contribution in [3.63, 3.8) is 0 Å². The van der Waals surface area contributed by atoms with E-state index in [1.165, 1.54) is 11.3 Å². The first-order chi connectivity index (χ1) is 6.66. The molecule has 0 saturated carbocycles. The van der Waals surface area contributed by atoms with Crippen molar-refractivity contribution < 1.29 is 5.11 Å². The van der Waals surface area contributed by atoms with Gasteiger partial charge in [-0.25, -0.2) is 0 Å². The number of halogens is 2. The summed E-state index contributed by atoms with van der Waals surface area (Å²) in [5.41, 5.74) is 0.716. The van der Waals surface area contributed by atoms with Gasteiger partial charge in [0, 0.05) is 4.47 Å². The molecule has 1 heterocycles.